The van der Waals surface area contributed by atoms with Crippen molar-refractivity contribution in [3.8, 4) is 11.5 Å². The second-order valence-corrected chi connectivity index (χ2v) is 4.97. The van der Waals surface area contributed by atoms with Crippen LogP contribution in [0.1, 0.15) is 37.4 Å². The van der Waals surface area contributed by atoms with E-state index in [1.54, 1.807) is 14.2 Å². The molecule has 4 heteroatoms. The van der Waals surface area contributed by atoms with Crippen molar-refractivity contribution in [3.05, 3.63) is 23.8 Å². The van der Waals surface area contributed by atoms with Crippen molar-refractivity contribution in [2.45, 2.75) is 37.8 Å². The van der Waals surface area contributed by atoms with Crippen LogP contribution >= 0.6 is 0 Å². The summed E-state index contributed by atoms with van der Waals surface area (Å²) in [7, 11) is 3.22. The highest BCUT2D eigenvalue weighted by Gasteiger charge is 2.22. The van der Waals surface area contributed by atoms with Gasteiger partial charge in [0.15, 0.2) is 11.5 Å². The van der Waals surface area contributed by atoms with Crippen molar-refractivity contribution in [2.75, 3.05) is 20.8 Å². The van der Waals surface area contributed by atoms with Crippen LogP contribution in [-0.2, 0) is 0 Å². The highest BCUT2D eigenvalue weighted by molar-refractivity contribution is 5.43. The minimum absolute atomic E-state index is 0.126. The second kappa shape index (κ2) is 6.78. The quantitative estimate of drug-likeness (QED) is 0.877. The van der Waals surface area contributed by atoms with E-state index < -0.39 is 6.10 Å². The van der Waals surface area contributed by atoms with E-state index in [2.05, 4.69) is 5.32 Å². The largest absolute Gasteiger partial charge is 0.493 e. The zero-order valence-electron chi connectivity index (χ0n) is 11.7. The fourth-order valence-corrected chi connectivity index (χ4v) is 2.59. The maximum Gasteiger partial charge on any atom is 0.161 e. The number of aliphatic hydroxyl groups is 1. The molecule has 4 nitrogen and oxygen atoms in total. The molecule has 19 heavy (non-hydrogen) atoms. The first kappa shape index (κ1) is 14.2. The molecule has 0 bridgehead atoms. The lowest BCUT2D eigenvalue weighted by Crippen LogP contribution is -2.34. The molecule has 1 heterocycles. The van der Waals surface area contributed by atoms with Gasteiger partial charge in [0.2, 0.25) is 0 Å². The molecular formula is C15H23NO3. The number of nitrogens with one attached hydrogen (secondary N) is 1. The van der Waals surface area contributed by atoms with Crippen LogP contribution in [0.25, 0.3) is 0 Å². The maximum atomic E-state index is 10.5. The predicted molar refractivity (Wildman–Crippen MR) is 74.8 cm³/mol. The van der Waals surface area contributed by atoms with Gasteiger partial charge in [-0.2, -0.15) is 0 Å². The Labute approximate surface area is 114 Å². The summed E-state index contributed by atoms with van der Waals surface area (Å²) in [6.07, 6.45) is 4.10. The molecule has 1 saturated heterocycles. The minimum Gasteiger partial charge on any atom is -0.493 e. The molecule has 1 aromatic rings. The zero-order chi connectivity index (χ0) is 13.7. The van der Waals surface area contributed by atoms with Gasteiger partial charge in [-0.25, -0.2) is 0 Å². The Morgan fingerprint density at radius 2 is 1.95 bits per heavy atom. The van der Waals surface area contributed by atoms with Crippen molar-refractivity contribution in [1.82, 2.24) is 5.32 Å². The molecular weight excluding hydrogens is 242 g/mol. The van der Waals surface area contributed by atoms with Crippen LogP contribution in [0.15, 0.2) is 18.2 Å². The molecule has 1 aromatic carbocycles. The van der Waals surface area contributed by atoms with Gasteiger partial charge >= 0.3 is 0 Å². The summed E-state index contributed by atoms with van der Waals surface area (Å²) in [5.41, 5.74) is 0.872. The van der Waals surface area contributed by atoms with E-state index in [1.165, 1.54) is 19.3 Å². The first-order chi connectivity index (χ1) is 9.26. The first-order valence-electron chi connectivity index (χ1n) is 6.89. The van der Waals surface area contributed by atoms with Gasteiger partial charge in [-0.3, -0.25) is 0 Å². The number of aliphatic hydroxyl groups excluding tert-OH is 1. The number of methoxy groups -OCH3 is 2. The number of hydrogen-bond acceptors (Lipinski definition) is 4. The topological polar surface area (TPSA) is 50.7 Å². The lowest BCUT2D eigenvalue weighted by Gasteiger charge is -2.23. The third-order valence-electron chi connectivity index (χ3n) is 3.73. The van der Waals surface area contributed by atoms with E-state index in [0.29, 0.717) is 11.5 Å². The van der Waals surface area contributed by atoms with Crippen LogP contribution in [0, 0.1) is 0 Å². The Balaban J connectivity index is 2.15. The Kier molecular flexibility index (Phi) is 5.05. The molecule has 1 fully saturated rings. The van der Waals surface area contributed by atoms with Gasteiger partial charge in [0.1, 0.15) is 0 Å². The zero-order valence-corrected chi connectivity index (χ0v) is 11.7. The van der Waals surface area contributed by atoms with E-state index >= 15 is 0 Å². The summed E-state index contributed by atoms with van der Waals surface area (Å²) in [6, 6.07) is 5.73. The smallest absolute Gasteiger partial charge is 0.161 e. The molecule has 0 spiro atoms. The van der Waals surface area contributed by atoms with Crippen LogP contribution in [0.2, 0.25) is 0 Å². The molecule has 0 saturated carbocycles. The molecule has 0 amide bonds. The third-order valence-corrected chi connectivity index (χ3v) is 3.73. The van der Waals surface area contributed by atoms with Crippen LogP contribution in [0.3, 0.4) is 0 Å². The van der Waals surface area contributed by atoms with Crippen LogP contribution in [0.4, 0.5) is 0 Å². The molecule has 2 atom stereocenters. The van der Waals surface area contributed by atoms with Gasteiger partial charge in [0.25, 0.3) is 0 Å². The monoisotopic (exact) mass is 265 g/mol. The Morgan fingerprint density at radius 3 is 2.68 bits per heavy atom. The second-order valence-electron chi connectivity index (χ2n) is 4.97. The highest BCUT2D eigenvalue weighted by Crippen LogP contribution is 2.32. The van der Waals surface area contributed by atoms with Crippen molar-refractivity contribution in [2.24, 2.45) is 0 Å². The fraction of sp³-hybridized carbons (Fsp3) is 0.600. The van der Waals surface area contributed by atoms with Crippen LogP contribution in [-0.4, -0.2) is 31.9 Å². The first-order valence-corrected chi connectivity index (χ1v) is 6.89. The molecule has 2 rings (SSSR count). The summed E-state index contributed by atoms with van der Waals surface area (Å²) in [6.45, 7) is 0.981. The summed E-state index contributed by atoms with van der Waals surface area (Å²) < 4.78 is 10.5. The normalized spacial score (nSPS) is 21.5. The number of benzene rings is 1. The van der Waals surface area contributed by atoms with Gasteiger partial charge in [-0.15, -0.1) is 0 Å². The van der Waals surface area contributed by atoms with E-state index in [4.69, 9.17) is 9.47 Å². The lowest BCUT2D eigenvalue weighted by molar-refractivity contribution is 0.126. The molecule has 0 radical (unpaired) electrons. The van der Waals surface area contributed by atoms with Gasteiger partial charge < -0.3 is 19.9 Å². The molecule has 1 aliphatic heterocycles. The van der Waals surface area contributed by atoms with Crippen molar-refractivity contribution >= 4 is 0 Å². The maximum absolute atomic E-state index is 10.5. The predicted octanol–water partition coefficient (Wildman–Crippen LogP) is 2.27. The molecule has 1 aliphatic rings. The highest BCUT2D eigenvalue weighted by atomic mass is 16.5. The number of ether oxygens (including phenoxy) is 2. The van der Waals surface area contributed by atoms with Gasteiger partial charge in [-0.05, 0) is 37.1 Å². The Bertz CT molecular complexity index is 400. The van der Waals surface area contributed by atoms with Gasteiger partial charge in [-0.1, -0.05) is 18.9 Å². The molecule has 0 aromatic heterocycles. The van der Waals surface area contributed by atoms with Crippen molar-refractivity contribution in [3.63, 3.8) is 0 Å². The van der Waals surface area contributed by atoms with E-state index in [-0.39, 0.29) is 6.04 Å². The van der Waals surface area contributed by atoms with E-state index in [0.717, 1.165) is 18.5 Å². The standard InChI is InChI=1S/C15H23NO3/c1-18-13-8-7-11(10-14(13)19-2)15(17)12-6-4-3-5-9-16-12/h7-8,10,12,15-17H,3-6,9H2,1-2H3. The molecule has 0 aliphatic carbocycles. The fourth-order valence-electron chi connectivity index (χ4n) is 2.59. The summed E-state index contributed by atoms with van der Waals surface area (Å²) in [4.78, 5) is 0. The SMILES string of the molecule is COc1ccc(C(O)C2CCCCCN2)cc1OC. The molecule has 2 unspecified atom stereocenters. The Hall–Kier alpha value is -1.26. The Morgan fingerprint density at radius 1 is 1.16 bits per heavy atom. The van der Waals surface area contributed by atoms with Gasteiger partial charge in [0, 0.05) is 6.04 Å². The number of hydrogen-bond donors (Lipinski definition) is 2. The number of rotatable bonds is 4. The summed E-state index contributed by atoms with van der Waals surface area (Å²) >= 11 is 0. The van der Waals surface area contributed by atoms with Crippen LogP contribution in [0.5, 0.6) is 11.5 Å². The van der Waals surface area contributed by atoms with Gasteiger partial charge in [0.05, 0.1) is 20.3 Å². The van der Waals surface area contributed by atoms with Crippen molar-refractivity contribution < 1.29 is 14.6 Å². The summed E-state index contributed by atoms with van der Waals surface area (Å²) in [5.74, 6) is 1.35. The molecule has 106 valence electrons. The van der Waals surface area contributed by atoms with E-state index in [9.17, 15) is 5.11 Å². The average molecular weight is 265 g/mol. The summed E-state index contributed by atoms with van der Waals surface area (Å²) in [5, 5.41) is 13.9. The minimum atomic E-state index is -0.502. The van der Waals surface area contributed by atoms with Crippen molar-refractivity contribution in [1.29, 1.82) is 0 Å². The third kappa shape index (κ3) is 3.39. The average Bonchev–Trinajstić information content (AvgIpc) is 2.74. The molecule has 2 N–H and O–H groups in total. The lowest BCUT2D eigenvalue weighted by atomic mass is 9.98. The van der Waals surface area contributed by atoms with E-state index in [1.807, 2.05) is 18.2 Å². The van der Waals surface area contributed by atoms with Crippen LogP contribution < -0.4 is 14.8 Å².